The molecule has 96 valence electrons. The molecule has 0 radical (unpaired) electrons. The van der Waals surface area contributed by atoms with Crippen LogP contribution in [0.1, 0.15) is 16.2 Å². The Morgan fingerprint density at radius 3 is 2.65 bits per heavy atom. The Bertz CT molecular complexity index is 875. The van der Waals surface area contributed by atoms with Gasteiger partial charge in [-0.3, -0.25) is 0 Å². The van der Waals surface area contributed by atoms with E-state index in [9.17, 15) is 9.70 Å². The van der Waals surface area contributed by atoms with Gasteiger partial charge in [-0.15, -0.1) is 4.91 Å². The van der Waals surface area contributed by atoms with Crippen LogP contribution in [0.3, 0.4) is 0 Å². The highest BCUT2D eigenvalue weighted by Gasteiger charge is 2.24. The Hall–Kier alpha value is -3.27. The van der Waals surface area contributed by atoms with Crippen LogP contribution >= 0.6 is 0 Å². The van der Waals surface area contributed by atoms with Crippen LogP contribution in [0.25, 0.3) is 22.2 Å². The molecule has 0 bridgehead atoms. The summed E-state index contributed by atoms with van der Waals surface area (Å²) in [4.78, 5) is 28.8. The van der Waals surface area contributed by atoms with E-state index in [1.165, 1.54) is 0 Å². The summed E-state index contributed by atoms with van der Waals surface area (Å²) in [6.45, 7) is 0. The highest BCUT2D eigenvalue weighted by atomic mass is 16.4. The number of carboxylic acids is 1. The van der Waals surface area contributed by atoms with E-state index in [4.69, 9.17) is 10.4 Å². The number of aromatic amines is 1. The molecule has 0 fully saturated rings. The number of benzene rings is 1. The number of carbonyl (C=O) groups is 1. The van der Waals surface area contributed by atoms with E-state index >= 15 is 0 Å². The Morgan fingerprint density at radius 2 is 2.05 bits per heavy atom. The first-order valence-electron chi connectivity index (χ1n) is 5.58. The van der Waals surface area contributed by atoms with Gasteiger partial charge in [0.15, 0.2) is 11.4 Å². The molecule has 2 aliphatic rings. The summed E-state index contributed by atoms with van der Waals surface area (Å²) in [5.41, 5.74) is 0.0769. The van der Waals surface area contributed by atoms with Crippen molar-refractivity contribution in [3.8, 4) is 17.5 Å². The predicted octanol–water partition coefficient (Wildman–Crippen LogP) is 2.64. The number of aromatic nitrogens is 2. The summed E-state index contributed by atoms with van der Waals surface area (Å²) < 4.78 is 0. The molecule has 1 heterocycles. The topological polar surface area (TPSA) is 119 Å². The van der Waals surface area contributed by atoms with Gasteiger partial charge in [0, 0.05) is 10.8 Å². The van der Waals surface area contributed by atoms with Crippen molar-refractivity contribution in [3.63, 3.8) is 0 Å². The molecule has 0 saturated carbocycles. The van der Waals surface area contributed by atoms with Gasteiger partial charge < -0.3 is 10.1 Å². The van der Waals surface area contributed by atoms with E-state index in [1.54, 1.807) is 30.3 Å². The Kier molecular flexibility index (Phi) is 2.44. The molecule has 0 saturated heterocycles. The lowest BCUT2D eigenvalue weighted by molar-refractivity contribution is 0.0689. The first kappa shape index (κ1) is 11.8. The first-order valence-corrected chi connectivity index (χ1v) is 5.58. The Labute approximate surface area is 111 Å². The van der Waals surface area contributed by atoms with Crippen molar-refractivity contribution < 1.29 is 9.90 Å². The van der Waals surface area contributed by atoms with E-state index < -0.39 is 5.97 Å². The van der Waals surface area contributed by atoms with Gasteiger partial charge in [-0.1, -0.05) is 24.3 Å². The number of H-pyrrole nitrogens is 1. The molecule has 3 rings (SSSR count). The van der Waals surface area contributed by atoms with Crippen molar-refractivity contribution in [3.05, 3.63) is 40.6 Å². The molecule has 0 atom stereocenters. The van der Waals surface area contributed by atoms with E-state index in [1.807, 2.05) is 0 Å². The fourth-order valence-electron chi connectivity index (χ4n) is 2.20. The first-order chi connectivity index (χ1) is 9.67. The third-order valence-corrected chi connectivity index (χ3v) is 3.03. The smallest absolute Gasteiger partial charge is 0.355 e. The summed E-state index contributed by atoms with van der Waals surface area (Å²) in [6.07, 6.45) is 0. The zero-order valence-corrected chi connectivity index (χ0v) is 9.91. The highest BCUT2D eigenvalue weighted by molar-refractivity contribution is 6.10. The fraction of sp³-hybridized carbons (Fsp3) is 0. The number of nitriles is 1. The van der Waals surface area contributed by atoms with Crippen molar-refractivity contribution in [2.45, 2.75) is 0 Å². The van der Waals surface area contributed by atoms with Crippen LogP contribution in [0.2, 0.25) is 0 Å². The summed E-state index contributed by atoms with van der Waals surface area (Å²) in [5, 5.41) is 22.2. The maximum Gasteiger partial charge on any atom is 0.355 e. The number of fused-ring (bicyclic) bond motifs is 3. The summed E-state index contributed by atoms with van der Waals surface area (Å²) in [5.74, 6) is -1.29. The van der Waals surface area contributed by atoms with Crippen LogP contribution in [-0.4, -0.2) is 21.0 Å². The number of nitrogens with zero attached hydrogens (tertiary/aromatic N) is 3. The van der Waals surface area contributed by atoms with Crippen molar-refractivity contribution in [1.29, 1.82) is 5.26 Å². The zero-order chi connectivity index (χ0) is 14.3. The van der Waals surface area contributed by atoms with E-state index in [2.05, 4.69) is 15.1 Å². The lowest BCUT2D eigenvalue weighted by Crippen LogP contribution is -2.07. The number of aromatic carboxylic acids is 1. The Morgan fingerprint density at radius 1 is 1.35 bits per heavy atom. The fourth-order valence-corrected chi connectivity index (χ4v) is 2.20. The number of hydrogen-bond donors (Lipinski definition) is 2. The lowest BCUT2D eigenvalue weighted by atomic mass is 10.2. The SMILES string of the molecule is N#Cc1nc2c(N=O)c3ccccc3c-2[nH]c1C(=O)O. The van der Waals surface area contributed by atoms with Gasteiger partial charge in [0.2, 0.25) is 0 Å². The average molecular weight is 266 g/mol. The molecule has 1 aliphatic heterocycles. The maximum atomic E-state index is 11.1. The normalized spacial score (nSPS) is 10.6. The minimum atomic E-state index is -1.29. The van der Waals surface area contributed by atoms with E-state index in [0.717, 1.165) is 0 Å². The van der Waals surface area contributed by atoms with Crippen LogP contribution in [-0.2, 0) is 0 Å². The molecule has 2 N–H and O–H groups in total. The van der Waals surface area contributed by atoms with Crippen LogP contribution in [0.15, 0.2) is 29.4 Å². The number of hydrogen-bond acceptors (Lipinski definition) is 5. The van der Waals surface area contributed by atoms with Crippen molar-refractivity contribution in [2.24, 2.45) is 5.18 Å². The third-order valence-electron chi connectivity index (χ3n) is 3.03. The molecule has 0 unspecified atom stereocenters. The molecular weight excluding hydrogens is 260 g/mol. The van der Waals surface area contributed by atoms with Gasteiger partial charge in [0.05, 0.1) is 5.69 Å². The zero-order valence-electron chi connectivity index (χ0n) is 9.91. The molecule has 1 aliphatic carbocycles. The van der Waals surface area contributed by atoms with Crippen molar-refractivity contribution >= 4 is 22.4 Å². The quantitative estimate of drug-likeness (QED) is 0.691. The predicted molar refractivity (Wildman–Crippen MR) is 69.8 cm³/mol. The van der Waals surface area contributed by atoms with Crippen molar-refractivity contribution in [1.82, 2.24) is 9.97 Å². The van der Waals surface area contributed by atoms with Crippen LogP contribution in [0.4, 0.5) is 5.69 Å². The van der Waals surface area contributed by atoms with Crippen molar-refractivity contribution in [2.75, 3.05) is 0 Å². The maximum absolute atomic E-state index is 11.1. The molecule has 7 heteroatoms. The van der Waals surface area contributed by atoms with Gasteiger partial charge in [-0.25, -0.2) is 9.78 Å². The van der Waals surface area contributed by atoms with Gasteiger partial charge in [-0.2, -0.15) is 5.26 Å². The summed E-state index contributed by atoms with van der Waals surface area (Å²) >= 11 is 0. The van der Waals surface area contributed by atoms with Crippen LogP contribution < -0.4 is 0 Å². The van der Waals surface area contributed by atoms with Crippen LogP contribution in [0, 0.1) is 16.2 Å². The molecule has 0 aromatic heterocycles. The van der Waals surface area contributed by atoms with Gasteiger partial charge in [-0.05, 0) is 5.18 Å². The summed E-state index contributed by atoms with van der Waals surface area (Å²) in [6, 6.07) is 8.60. The highest BCUT2D eigenvalue weighted by Crippen LogP contribution is 2.42. The number of carboxylic acid groups (broad SMARTS) is 1. The standard InChI is InChI=1S/C13H6N4O3/c14-5-8-11(13(18)19)16-9-6-3-1-2-4-7(6)10(17-20)12(9)15-8/h1-4,16H,(H,18,19). The summed E-state index contributed by atoms with van der Waals surface area (Å²) in [7, 11) is 0. The molecular formula is C13H6N4O3. The second-order valence-corrected chi connectivity index (χ2v) is 4.09. The number of nitrogens with one attached hydrogen (secondary N) is 1. The second kappa shape index (κ2) is 4.13. The minimum Gasteiger partial charge on any atom is -0.476 e. The average Bonchev–Trinajstić information content (AvgIpc) is 2.78. The molecule has 0 spiro atoms. The van der Waals surface area contributed by atoms with Gasteiger partial charge >= 0.3 is 5.97 Å². The molecule has 1 aromatic carbocycles. The van der Waals surface area contributed by atoms with E-state index in [0.29, 0.717) is 16.5 Å². The second-order valence-electron chi connectivity index (χ2n) is 4.09. The number of nitroso groups, excluding NO2 is 1. The molecule has 7 nitrogen and oxygen atoms in total. The molecule has 1 aromatic rings. The third kappa shape index (κ3) is 1.45. The minimum absolute atomic E-state index is 0.0975. The number of rotatable bonds is 2. The molecule has 0 amide bonds. The largest absolute Gasteiger partial charge is 0.476 e. The van der Waals surface area contributed by atoms with Gasteiger partial charge in [0.25, 0.3) is 0 Å². The Balaban J connectivity index is 2.54. The molecule has 20 heavy (non-hydrogen) atoms. The van der Waals surface area contributed by atoms with Gasteiger partial charge in [0.1, 0.15) is 17.5 Å². The van der Waals surface area contributed by atoms with Crippen LogP contribution in [0.5, 0.6) is 0 Å². The van der Waals surface area contributed by atoms with E-state index in [-0.39, 0.29) is 22.8 Å². The monoisotopic (exact) mass is 266 g/mol. The lowest BCUT2D eigenvalue weighted by Gasteiger charge is -2.04.